The lowest BCUT2D eigenvalue weighted by Crippen LogP contribution is -2.14. The van der Waals surface area contributed by atoms with Crippen LogP contribution in [0.3, 0.4) is 0 Å². The highest BCUT2D eigenvalue weighted by Crippen LogP contribution is 2.31. The molecule has 3 aromatic carbocycles. The van der Waals surface area contributed by atoms with Gasteiger partial charge in [-0.3, -0.25) is 4.79 Å². The molecule has 164 valence electrons. The van der Waals surface area contributed by atoms with Crippen LogP contribution in [0.25, 0.3) is 20.8 Å². The Morgan fingerprint density at radius 1 is 1.09 bits per heavy atom. The maximum Gasteiger partial charge on any atom is 0.267 e. The number of nitrogens with zero attached hydrogens (tertiary/aromatic N) is 2. The van der Waals surface area contributed by atoms with Crippen LogP contribution >= 0.6 is 11.3 Å². The molecule has 1 heterocycles. The molecule has 0 aliphatic rings. The molecule has 0 atom stereocenters. The number of carbonyl (C=O) groups excluding carboxylic acids is 1. The van der Waals surface area contributed by atoms with Crippen LogP contribution in [0.2, 0.25) is 0 Å². The van der Waals surface area contributed by atoms with Crippen LogP contribution in [0.5, 0.6) is 5.75 Å². The summed E-state index contributed by atoms with van der Waals surface area (Å²) in [4.78, 5) is 17.1. The van der Waals surface area contributed by atoms with Gasteiger partial charge in [-0.2, -0.15) is 5.26 Å². The van der Waals surface area contributed by atoms with Gasteiger partial charge < -0.3 is 15.4 Å². The molecule has 2 N–H and O–H groups in total. The number of nitrogens with one attached hydrogen (secondary N) is 2. The number of ether oxygens (including phenoxy) is 1. The summed E-state index contributed by atoms with van der Waals surface area (Å²) in [6, 6.07) is 22.9. The normalized spacial score (nSPS) is 11.1. The van der Waals surface area contributed by atoms with Gasteiger partial charge in [-0.25, -0.2) is 4.98 Å². The Balaban J connectivity index is 1.42. The molecule has 4 aromatic rings. The highest BCUT2D eigenvalue weighted by Gasteiger charge is 2.10. The molecular weight excluding hydrogens is 432 g/mol. The van der Waals surface area contributed by atoms with Crippen LogP contribution in [0.1, 0.15) is 12.5 Å². The van der Waals surface area contributed by atoms with Gasteiger partial charge in [0, 0.05) is 23.1 Å². The predicted octanol–water partition coefficient (Wildman–Crippen LogP) is 6.13. The summed E-state index contributed by atoms with van der Waals surface area (Å²) in [5, 5.41) is 16.1. The Kier molecular flexibility index (Phi) is 6.67. The van der Waals surface area contributed by atoms with Crippen LogP contribution in [0, 0.1) is 18.3 Å². The number of amides is 1. The number of carbonyl (C=O) groups is 1. The molecule has 0 aliphatic carbocycles. The minimum absolute atomic E-state index is 0.0329. The van der Waals surface area contributed by atoms with Gasteiger partial charge in [-0.1, -0.05) is 6.07 Å². The second-order valence-corrected chi connectivity index (χ2v) is 8.32. The summed E-state index contributed by atoms with van der Waals surface area (Å²) in [7, 11) is 0. The number of nitriles is 1. The highest BCUT2D eigenvalue weighted by molar-refractivity contribution is 7.21. The number of aromatic nitrogens is 1. The van der Waals surface area contributed by atoms with Crippen molar-refractivity contribution in [3.8, 4) is 22.4 Å². The number of benzene rings is 3. The van der Waals surface area contributed by atoms with E-state index >= 15 is 0 Å². The van der Waals surface area contributed by atoms with E-state index < -0.39 is 5.91 Å². The van der Waals surface area contributed by atoms with Crippen LogP contribution in [0.15, 0.2) is 78.5 Å². The van der Waals surface area contributed by atoms with Crippen molar-refractivity contribution < 1.29 is 9.53 Å². The minimum atomic E-state index is -0.490. The zero-order valence-corrected chi connectivity index (χ0v) is 19.1. The second kappa shape index (κ2) is 9.98. The van der Waals surface area contributed by atoms with Crippen molar-refractivity contribution in [1.29, 1.82) is 5.26 Å². The Morgan fingerprint density at radius 2 is 1.82 bits per heavy atom. The van der Waals surface area contributed by atoms with Gasteiger partial charge in [-0.05, 0) is 80.1 Å². The molecule has 0 unspecified atom stereocenters. The zero-order valence-electron chi connectivity index (χ0n) is 18.3. The Labute approximate surface area is 196 Å². The third-order valence-electron chi connectivity index (χ3n) is 4.85. The quantitative estimate of drug-likeness (QED) is 0.259. The van der Waals surface area contributed by atoms with E-state index in [1.165, 1.54) is 11.8 Å². The van der Waals surface area contributed by atoms with E-state index in [1.54, 1.807) is 35.6 Å². The van der Waals surface area contributed by atoms with E-state index in [2.05, 4.69) is 29.7 Å². The van der Waals surface area contributed by atoms with Crippen LogP contribution in [0.4, 0.5) is 11.4 Å². The number of aryl methyl sites for hydroxylation is 1. The van der Waals surface area contributed by atoms with E-state index in [4.69, 9.17) is 9.72 Å². The first-order valence-corrected chi connectivity index (χ1v) is 11.3. The van der Waals surface area contributed by atoms with Gasteiger partial charge in [0.2, 0.25) is 0 Å². The molecule has 0 aliphatic heterocycles. The highest BCUT2D eigenvalue weighted by atomic mass is 32.1. The van der Waals surface area contributed by atoms with Crippen LogP contribution < -0.4 is 15.4 Å². The van der Waals surface area contributed by atoms with Crippen molar-refractivity contribution in [3.63, 3.8) is 0 Å². The molecule has 33 heavy (non-hydrogen) atoms. The molecule has 0 saturated heterocycles. The van der Waals surface area contributed by atoms with E-state index in [0.29, 0.717) is 12.3 Å². The Hall–Kier alpha value is -4.15. The smallest absolute Gasteiger partial charge is 0.267 e. The lowest BCUT2D eigenvalue weighted by atomic mass is 10.2. The molecule has 7 heteroatoms. The van der Waals surface area contributed by atoms with E-state index in [1.807, 2.05) is 43.3 Å². The lowest BCUT2D eigenvalue weighted by molar-refractivity contribution is -0.112. The number of hydrogen-bond acceptors (Lipinski definition) is 6. The molecule has 1 amide bonds. The fourth-order valence-electron chi connectivity index (χ4n) is 3.17. The summed E-state index contributed by atoms with van der Waals surface area (Å²) in [6.07, 6.45) is 1.40. The molecule has 0 saturated carbocycles. The van der Waals surface area contributed by atoms with Gasteiger partial charge in [-0.15, -0.1) is 11.3 Å². The lowest BCUT2D eigenvalue weighted by Gasteiger charge is -2.07. The second-order valence-electron chi connectivity index (χ2n) is 7.29. The van der Waals surface area contributed by atoms with Crippen molar-refractivity contribution in [2.75, 3.05) is 17.2 Å². The minimum Gasteiger partial charge on any atom is -0.494 e. The van der Waals surface area contributed by atoms with Crippen molar-refractivity contribution in [3.05, 3.63) is 84.1 Å². The van der Waals surface area contributed by atoms with Gasteiger partial charge in [0.1, 0.15) is 22.4 Å². The maximum atomic E-state index is 12.4. The monoisotopic (exact) mass is 454 g/mol. The molecule has 0 radical (unpaired) electrons. The predicted molar refractivity (Wildman–Crippen MR) is 133 cm³/mol. The standard InChI is InChI=1S/C26H22N4O2S/c1-3-32-22-11-9-21(10-12-22)29-25(31)19(15-27)16-28-20-7-5-18(6-8-20)26-30-23-13-4-17(2)14-24(23)33-26/h4-14,16,28H,3H2,1-2H3,(H,29,31)/b19-16-. The average molecular weight is 455 g/mol. The van der Waals surface area contributed by atoms with Crippen LogP contribution in [-0.4, -0.2) is 17.5 Å². The summed E-state index contributed by atoms with van der Waals surface area (Å²) in [6.45, 7) is 4.54. The molecule has 0 fully saturated rings. The Morgan fingerprint density at radius 3 is 2.52 bits per heavy atom. The summed E-state index contributed by atoms with van der Waals surface area (Å²) in [5.74, 6) is 0.230. The molecule has 6 nitrogen and oxygen atoms in total. The Bertz CT molecular complexity index is 1350. The summed E-state index contributed by atoms with van der Waals surface area (Å²) >= 11 is 1.65. The molecule has 1 aromatic heterocycles. The van der Waals surface area contributed by atoms with Crippen molar-refractivity contribution in [1.82, 2.24) is 4.98 Å². The molecule has 0 spiro atoms. The number of thiazole rings is 1. The van der Waals surface area contributed by atoms with Crippen molar-refractivity contribution in [2.24, 2.45) is 0 Å². The SMILES string of the molecule is CCOc1ccc(NC(=O)/C(C#N)=C\Nc2ccc(-c3nc4ccc(C)cc4s3)cc2)cc1. The van der Waals surface area contributed by atoms with Crippen molar-refractivity contribution >= 4 is 38.8 Å². The first-order valence-electron chi connectivity index (χ1n) is 10.4. The summed E-state index contributed by atoms with van der Waals surface area (Å²) < 4.78 is 6.55. The first kappa shape index (κ1) is 22.1. The third kappa shape index (κ3) is 5.37. The first-order chi connectivity index (χ1) is 16.1. The van der Waals surface area contributed by atoms with E-state index in [9.17, 15) is 10.1 Å². The molecule has 4 rings (SSSR count). The van der Waals surface area contributed by atoms with E-state index in [-0.39, 0.29) is 5.57 Å². The van der Waals surface area contributed by atoms with Crippen LogP contribution in [-0.2, 0) is 4.79 Å². The number of anilines is 2. The fraction of sp³-hybridized carbons (Fsp3) is 0.115. The topological polar surface area (TPSA) is 87.0 Å². The molecule has 0 bridgehead atoms. The zero-order chi connectivity index (χ0) is 23.2. The van der Waals surface area contributed by atoms with Gasteiger partial charge in [0.15, 0.2) is 0 Å². The number of fused-ring (bicyclic) bond motifs is 1. The third-order valence-corrected chi connectivity index (χ3v) is 5.91. The van der Waals surface area contributed by atoms with Gasteiger partial charge in [0.05, 0.1) is 16.8 Å². The van der Waals surface area contributed by atoms with Gasteiger partial charge in [0.25, 0.3) is 5.91 Å². The maximum absolute atomic E-state index is 12.4. The number of rotatable bonds is 7. The van der Waals surface area contributed by atoms with Crippen molar-refractivity contribution in [2.45, 2.75) is 13.8 Å². The average Bonchev–Trinajstić information content (AvgIpc) is 3.24. The molecular formula is C26H22N4O2S. The largest absolute Gasteiger partial charge is 0.494 e. The number of hydrogen-bond donors (Lipinski definition) is 2. The van der Waals surface area contributed by atoms with Gasteiger partial charge >= 0.3 is 0 Å². The fourth-order valence-corrected chi connectivity index (χ4v) is 4.24. The van der Waals surface area contributed by atoms with E-state index in [0.717, 1.165) is 32.2 Å². The summed E-state index contributed by atoms with van der Waals surface area (Å²) in [5.41, 5.74) is 4.52.